The Hall–Kier alpha value is -10.1. The van der Waals surface area contributed by atoms with Crippen molar-refractivity contribution in [2.45, 2.75) is 168 Å². The van der Waals surface area contributed by atoms with Gasteiger partial charge in [0.15, 0.2) is 0 Å². The fourth-order valence-electron chi connectivity index (χ4n) is 19.5. The Balaban J connectivity index is 0.933. The van der Waals surface area contributed by atoms with Gasteiger partial charge in [-0.2, -0.15) is 0 Å². The minimum atomic E-state index is -0.153. The predicted molar refractivity (Wildman–Crippen MR) is 443 cm³/mol. The van der Waals surface area contributed by atoms with Crippen LogP contribution in [-0.2, 0) is 37.9 Å². The first kappa shape index (κ1) is 65.0. The smallest absolute Gasteiger partial charge is 0.252 e. The topological polar surface area (TPSA) is 16.3 Å². The van der Waals surface area contributed by atoms with Crippen molar-refractivity contribution in [2.75, 3.05) is 9.80 Å². The first-order valence-corrected chi connectivity index (χ1v) is 37.7. The Kier molecular flexibility index (Phi) is 14.0. The van der Waals surface area contributed by atoms with E-state index in [4.69, 9.17) is 0 Å². The molecule has 5 heteroatoms. The molecule has 0 N–H and O–H groups in total. The molecule has 2 aliphatic carbocycles. The van der Waals surface area contributed by atoms with E-state index in [1.165, 1.54) is 138 Å². The number of anilines is 6. The van der Waals surface area contributed by atoms with E-state index in [-0.39, 0.29) is 44.6 Å². The highest BCUT2D eigenvalue weighted by Crippen LogP contribution is 2.54. The molecule has 12 aromatic carbocycles. The summed E-state index contributed by atoms with van der Waals surface area (Å²) < 4.78 is 5.09. The van der Waals surface area contributed by atoms with E-state index in [9.17, 15) is 0 Å². The molecule has 0 unspecified atom stereocenters. The molecule has 0 saturated carbocycles. The van der Waals surface area contributed by atoms with Crippen LogP contribution in [0.5, 0.6) is 0 Å². The maximum absolute atomic E-state index is 2.64. The molecule has 0 spiro atoms. The van der Waals surface area contributed by atoms with Crippen LogP contribution in [0.2, 0.25) is 0 Å². The van der Waals surface area contributed by atoms with Gasteiger partial charge in [-0.15, -0.1) is 0 Å². The van der Waals surface area contributed by atoms with Crippen molar-refractivity contribution in [2.24, 2.45) is 0 Å². The highest BCUT2D eigenvalue weighted by atomic mass is 15.2. The lowest BCUT2D eigenvalue weighted by Crippen LogP contribution is -2.61. The Bertz CT molecular complexity index is 5740. The minimum Gasteiger partial charge on any atom is -0.311 e. The number of hydrogen-bond donors (Lipinski definition) is 0. The molecule has 0 fully saturated rings. The van der Waals surface area contributed by atoms with Crippen molar-refractivity contribution < 1.29 is 0 Å². The second-order valence-electron chi connectivity index (χ2n) is 36.5. The van der Waals surface area contributed by atoms with Crippen LogP contribution in [0.25, 0.3) is 88.4 Å². The summed E-state index contributed by atoms with van der Waals surface area (Å²) in [6.07, 6.45) is 2.26. The lowest BCUT2D eigenvalue weighted by atomic mass is 9.33. The Labute approximate surface area is 610 Å². The molecule has 0 saturated heterocycles. The molecule has 0 radical (unpaired) electrons. The monoisotopic (exact) mass is 1340 g/mol. The number of para-hydroxylation sites is 2. The highest BCUT2D eigenvalue weighted by molar-refractivity contribution is 7.00. The van der Waals surface area contributed by atoms with Crippen molar-refractivity contribution in [1.82, 2.24) is 9.13 Å². The van der Waals surface area contributed by atoms with E-state index in [2.05, 4.69) is 379 Å². The molecular formula is C98H95BN4. The standard InChI is InChI=1S/C98H95BN4/c1-92(2,3)66-35-26-60(27-36-66)65-34-46-81-87(52-65)100(69-39-28-61(29-40-69)63-32-44-77-79(50-63)97(14,15)58-95(77,10)11)89-56-72(103-85-48-37-67(93(4,5)6)53-75(85)76-54-68(94(7,8)9)38-49-86(76)103)57-90-91(89)99(81)82-47-43-71(102-83-24-20-18-22-73(83)74-23-19-21-25-84(74)102)55-88(82)101(90)70-41-30-62(31-42-70)64-33-45-78-80(51-64)98(16,17)59-96(78,12)13/h18-57H,58-59H2,1-17H3. The average molecular weight is 1340 g/mol. The maximum atomic E-state index is 2.64. The van der Waals surface area contributed by atoms with Gasteiger partial charge < -0.3 is 18.9 Å². The second-order valence-corrected chi connectivity index (χ2v) is 36.5. The van der Waals surface area contributed by atoms with E-state index >= 15 is 0 Å². The number of rotatable bonds is 7. The average Bonchev–Trinajstić information content (AvgIpc) is 1.41. The third-order valence-corrected chi connectivity index (χ3v) is 24.4. The molecule has 0 bridgehead atoms. The minimum absolute atomic E-state index is 0.0197. The zero-order chi connectivity index (χ0) is 71.6. The molecule has 4 nitrogen and oxygen atoms in total. The molecule has 14 aromatic rings. The van der Waals surface area contributed by atoms with Crippen molar-refractivity contribution in [3.63, 3.8) is 0 Å². The molecular weight excluding hydrogens is 1240 g/mol. The fraction of sp³-hybridized carbons (Fsp3) is 0.265. The van der Waals surface area contributed by atoms with Crippen molar-refractivity contribution in [3.8, 4) is 44.8 Å². The second kappa shape index (κ2) is 22.2. The van der Waals surface area contributed by atoms with E-state index < -0.39 is 0 Å². The summed E-state index contributed by atoms with van der Waals surface area (Å²) in [6.45, 7) is 40.2. The van der Waals surface area contributed by atoms with Gasteiger partial charge in [0, 0.05) is 61.4 Å². The number of fused-ring (bicyclic) bond motifs is 12. The Morgan fingerprint density at radius 3 is 1.07 bits per heavy atom. The van der Waals surface area contributed by atoms with Crippen LogP contribution in [0.15, 0.2) is 243 Å². The third kappa shape index (κ3) is 10.2. The molecule has 18 rings (SSSR count). The van der Waals surface area contributed by atoms with E-state index in [0.29, 0.717) is 0 Å². The number of benzene rings is 12. The summed E-state index contributed by atoms with van der Waals surface area (Å²) >= 11 is 0. The van der Waals surface area contributed by atoms with Gasteiger partial charge >= 0.3 is 0 Å². The molecule has 4 aliphatic rings. The van der Waals surface area contributed by atoms with Gasteiger partial charge in [0.05, 0.1) is 27.8 Å². The van der Waals surface area contributed by atoms with Crippen LogP contribution < -0.4 is 26.2 Å². The maximum Gasteiger partial charge on any atom is 0.252 e. The van der Waals surface area contributed by atoms with Crippen molar-refractivity contribution in [3.05, 3.63) is 282 Å². The van der Waals surface area contributed by atoms with Gasteiger partial charge in [-0.05, 0) is 230 Å². The molecule has 510 valence electrons. The van der Waals surface area contributed by atoms with Gasteiger partial charge in [0.2, 0.25) is 0 Å². The summed E-state index contributed by atoms with van der Waals surface area (Å²) in [6, 6.07) is 95.4. The van der Waals surface area contributed by atoms with Crippen LogP contribution in [0.3, 0.4) is 0 Å². The van der Waals surface area contributed by atoms with Crippen molar-refractivity contribution in [1.29, 1.82) is 0 Å². The van der Waals surface area contributed by atoms with Gasteiger partial charge in [0.1, 0.15) is 0 Å². The lowest BCUT2D eigenvalue weighted by Gasteiger charge is -2.44. The molecule has 103 heavy (non-hydrogen) atoms. The van der Waals surface area contributed by atoms with Crippen LogP contribution in [0.1, 0.15) is 169 Å². The SMILES string of the molecule is CC(C)(C)c1ccc(-c2ccc3c(c2)N(c2ccc(-c4ccc5c(c4)C(C)(C)CC5(C)C)cc2)c2cc(-n4c5ccc(C(C)(C)C)cc5c5cc(C(C)(C)C)ccc54)cc4c2B3c2ccc(-n3c5ccccc5c5ccccc53)cc2N4c2ccc(-c3ccc4c(c3)C(C)(C)CC4(C)C)cc2)cc1. The van der Waals surface area contributed by atoms with Crippen molar-refractivity contribution >= 4 is 101 Å². The summed E-state index contributed by atoms with van der Waals surface area (Å²) in [5.41, 5.74) is 35.1. The lowest BCUT2D eigenvalue weighted by molar-refractivity contribution is 0.402. The molecule has 2 aliphatic heterocycles. The predicted octanol–water partition coefficient (Wildman–Crippen LogP) is 24.8. The summed E-state index contributed by atoms with van der Waals surface area (Å²) in [7, 11) is 0. The number of hydrogen-bond acceptors (Lipinski definition) is 2. The molecule has 0 atom stereocenters. The normalized spacial score (nSPS) is 16.2. The Morgan fingerprint density at radius 2 is 0.612 bits per heavy atom. The van der Waals surface area contributed by atoms with Gasteiger partial charge in [0.25, 0.3) is 6.71 Å². The van der Waals surface area contributed by atoms with Crippen LogP contribution in [-0.4, -0.2) is 15.8 Å². The summed E-state index contributed by atoms with van der Waals surface area (Å²) in [5.74, 6) is 0. The molecule has 4 heterocycles. The molecule has 0 amide bonds. The first-order valence-electron chi connectivity index (χ1n) is 37.7. The van der Waals surface area contributed by atoms with Gasteiger partial charge in [-0.25, -0.2) is 0 Å². The zero-order valence-electron chi connectivity index (χ0n) is 63.4. The quantitative estimate of drug-likeness (QED) is 0.148. The summed E-state index contributed by atoms with van der Waals surface area (Å²) in [5, 5.41) is 5.03. The van der Waals surface area contributed by atoms with Gasteiger partial charge in [-0.3, -0.25) is 0 Å². The number of nitrogens with zero attached hydrogens (tertiary/aromatic N) is 4. The molecule has 2 aromatic heterocycles. The Morgan fingerprint density at radius 1 is 0.272 bits per heavy atom. The van der Waals surface area contributed by atoms with E-state index in [1.54, 1.807) is 0 Å². The van der Waals surface area contributed by atoms with E-state index in [0.717, 1.165) is 52.7 Å². The largest absolute Gasteiger partial charge is 0.311 e. The summed E-state index contributed by atoms with van der Waals surface area (Å²) in [4.78, 5) is 5.28. The highest BCUT2D eigenvalue weighted by Gasteiger charge is 2.46. The third-order valence-electron chi connectivity index (χ3n) is 24.4. The van der Waals surface area contributed by atoms with Gasteiger partial charge in [-0.1, -0.05) is 269 Å². The zero-order valence-corrected chi connectivity index (χ0v) is 63.4. The van der Waals surface area contributed by atoms with Crippen LogP contribution >= 0.6 is 0 Å². The van der Waals surface area contributed by atoms with Crippen LogP contribution in [0.4, 0.5) is 34.1 Å². The van der Waals surface area contributed by atoms with Crippen LogP contribution in [0, 0.1) is 0 Å². The fourth-order valence-corrected chi connectivity index (χ4v) is 19.5. The first-order chi connectivity index (χ1) is 48.9. The van der Waals surface area contributed by atoms with E-state index in [1.807, 2.05) is 0 Å². The number of aromatic nitrogens is 2.